The van der Waals surface area contributed by atoms with Gasteiger partial charge in [-0.1, -0.05) is 37.5 Å². The molecule has 162 valence electrons. The summed E-state index contributed by atoms with van der Waals surface area (Å²) in [7, 11) is -2.37. The number of nitrogens with zero attached hydrogens (tertiary/aromatic N) is 1. The highest BCUT2D eigenvalue weighted by atomic mass is 32.2. The predicted molar refractivity (Wildman–Crippen MR) is 112 cm³/mol. The zero-order chi connectivity index (χ0) is 21.6. The molecule has 1 aliphatic carbocycles. The van der Waals surface area contributed by atoms with Gasteiger partial charge in [0.2, 0.25) is 15.9 Å². The van der Waals surface area contributed by atoms with Crippen molar-refractivity contribution < 1.29 is 22.3 Å². The van der Waals surface area contributed by atoms with E-state index in [2.05, 4.69) is 5.32 Å². The lowest BCUT2D eigenvalue weighted by atomic mass is 9.95. The molecule has 0 saturated heterocycles. The minimum Gasteiger partial charge on any atom is -0.496 e. The lowest BCUT2D eigenvalue weighted by molar-refractivity contribution is -0.121. The molecule has 1 saturated carbocycles. The maximum Gasteiger partial charge on any atom is 0.243 e. The van der Waals surface area contributed by atoms with E-state index >= 15 is 0 Å². The smallest absolute Gasteiger partial charge is 0.243 e. The van der Waals surface area contributed by atoms with Gasteiger partial charge in [-0.15, -0.1) is 0 Å². The van der Waals surface area contributed by atoms with Gasteiger partial charge in [-0.05, 0) is 43.2 Å². The van der Waals surface area contributed by atoms with Crippen LogP contribution in [0.25, 0.3) is 0 Å². The minimum absolute atomic E-state index is 0.00741. The van der Waals surface area contributed by atoms with Gasteiger partial charge in [-0.3, -0.25) is 4.79 Å². The third-order valence-electron chi connectivity index (χ3n) is 5.37. The molecule has 30 heavy (non-hydrogen) atoms. The molecular weight excluding hydrogens is 407 g/mol. The molecule has 0 atom stereocenters. The number of carbonyl (C=O) groups excluding carboxylic acids is 1. The maximum atomic E-state index is 13.3. The summed E-state index contributed by atoms with van der Waals surface area (Å²) in [6, 6.07) is 11.8. The number of benzene rings is 2. The number of halogens is 1. The Bertz CT molecular complexity index is 957. The second kappa shape index (κ2) is 10.0. The Morgan fingerprint density at radius 2 is 1.77 bits per heavy atom. The second-order valence-corrected chi connectivity index (χ2v) is 9.28. The van der Waals surface area contributed by atoms with Crippen molar-refractivity contribution in [2.45, 2.75) is 49.6 Å². The van der Waals surface area contributed by atoms with Crippen LogP contribution in [0.4, 0.5) is 4.39 Å². The van der Waals surface area contributed by atoms with Crippen molar-refractivity contribution >= 4 is 15.9 Å². The lowest BCUT2D eigenvalue weighted by Crippen LogP contribution is -2.46. The van der Waals surface area contributed by atoms with E-state index in [1.54, 1.807) is 13.2 Å². The van der Waals surface area contributed by atoms with Gasteiger partial charge < -0.3 is 10.1 Å². The second-order valence-electron chi connectivity index (χ2n) is 7.38. The molecule has 0 heterocycles. The van der Waals surface area contributed by atoms with E-state index in [4.69, 9.17) is 4.74 Å². The maximum absolute atomic E-state index is 13.3. The summed E-state index contributed by atoms with van der Waals surface area (Å²) in [4.78, 5) is 12.7. The molecule has 6 nitrogen and oxygen atoms in total. The Morgan fingerprint density at radius 1 is 1.10 bits per heavy atom. The van der Waals surface area contributed by atoms with Crippen LogP contribution in [0.2, 0.25) is 0 Å². The molecule has 0 bridgehead atoms. The van der Waals surface area contributed by atoms with Gasteiger partial charge in [-0.2, -0.15) is 4.31 Å². The molecule has 0 aromatic heterocycles. The fourth-order valence-corrected chi connectivity index (χ4v) is 5.40. The Hall–Kier alpha value is -2.45. The number of sulfonamides is 1. The Balaban J connectivity index is 1.77. The van der Waals surface area contributed by atoms with E-state index in [0.717, 1.165) is 37.0 Å². The Kier molecular flexibility index (Phi) is 7.44. The topological polar surface area (TPSA) is 75.7 Å². The number of nitrogens with one attached hydrogen (secondary N) is 1. The molecule has 1 fully saturated rings. The predicted octanol–water partition coefficient (Wildman–Crippen LogP) is 3.47. The van der Waals surface area contributed by atoms with Crippen molar-refractivity contribution in [3.05, 3.63) is 59.9 Å². The fourth-order valence-electron chi connectivity index (χ4n) is 3.76. The number of para-hydroxylation sites is 1. The van der Waals surface area contributed by atoms with Crippen LogP contribution in [0.3, 0.4) is 0 Å². The number of carbonyl (C=O) groups is 1. The molecule has 0 spiro atoms. The van der Waals surface area contributed by atoms with Crippen molar-refractivity contribution in [2.24, 2.45) is 0 Å². The van der Waals surface area contributed by atoms with Gasteiger partial charge in [0.25, 0.3) is 0 Å². The zero-order valence-corrected chi connectivity index (χ0v) is 17.8. The first-order chi connectivity index (χ1) is 14.4. The summed E-state index contributed by atoms with van der Waals surface area (Å²) in [6.07, 6.45) is 4.31. The van der Waals surface area contributed by atoms with Gasteiger partial charge in [-0.25, -0.2) is 12.8 Å². The van der Waals surface area contributed by atoms with Crippen molar-refractivity contribution in [2.75, 3.05) is 13.7 Å². The van der Waals surface area contributed by atoms with Crippen LogP contribution in [0.5, 0.6) is 5.75 Å². The van der Waals surface area contributed by atoms with Gasteiger partial charge in [0.05, 0.1) is 18.6 Å². The number of hydrogen-bond acceptors (Lipinski definition) is 4. The van der Waals surface area contributed by atoms with Crippen LogP contribution in [-0.2, 0) is 21.4 Å². The summed E-state index contributed by atoms with van der Waals surface area (Å²) in [5.41, 5.74) is 0.805. The summed E-state index contributed by atoms with van der Waals surface area (Å²) in [5.74, 6) is -0.245. The third kappa shape index (κ3) is 5.37. The number of amides is 1. The first-order valence-corrected chi connectivity index (χ1v) is 11.5. The number of methoxy groups -OCH3 is 1. The summed E-state index contributed by atoms with van der Waals surface area (Å²) in [6.45, 7) is -0.0442. The van der Waals surface area contributed by atoms with Crippen LogP contribution >= 0.6 is 0 Å². The van der Waals surface area contributed by atoms with Crippen LogP contribution in [0.15, 0.2) is 53.4 Å². The van der Waals surface area contributed by atoms with Crippen molar-refractivity contribution in [1.29, 1.82) is 0 Å². The van der Waals surface area contributed by atoms with E-state index in [9.17, 15) is 17.6 Å². The quantitative estimate of drug-likeness (QED) is 0.690. The average Bonchev–Trinajstić information content (AvgIpc) is 2.77. The van der Waals surface area contributed by atoms with Gasteiger partial charge in [0.15, 0.2) is 0 Å². The van der Waals surface area contributed by atoms with Gasteiger partial charge in [0.1, 0.15) is 11.6 Å². The van der Waals surface area contributed by atoms with E-state index in [1.807, 2.05) is 18.2 Å². The molecule has 1 aliphatic rings. The van der Waals surface area contributed by atoms with Crippen LogP contribution in [0.1, 0.15) is 37.7 Å². The van der Waals surface area contributed by atoms with E-state index in [-0.39, 0.29) is 24.0 Å². The van der Waals surface area contributed by atoms with Crippen molar-refractivity contribution in [3.63, 3.8) is 0 Å². The van der Waals surface area contributed by atoms with E-state index < -0.39 is 21.7 Å². The first kappa shape index (κ1) is 22.2. The molecule has 8 heteroatoms. The molecule has 1 amide bonds. The van der Waals surface area contributed by atoms with Crippen molar-refractivity contribution in [3.8, 4) is 5.75 Å². The monoisotopic (exact) mass is 434 g/mol. The largest absolute Gasteiger partial charge is 0.496 e. The van der Waals surface area contributed by atoms with Crippen LogP contribution in [-0.4, -0.2) is 38.3 Å². The molecule has 0 aliphatic heterocycles. The first-order valence-electron chi connectivity index (χ1n) is 10.1. The highest BCUT2D eigenvalue weighted by Crippen LogP contribution is 2.28. The fraction of sp³-hybridized carbons (Fsp3) is 0.409. The number of rotatable bonds is 8. The normalized spacial score (nSPS) is 15.2. The molecule has 0 unspecified atom stereocenters. The Labute approximate surface area is 177 Å². The molecule has 2 aromatic rings. The number of ether oxygens (including phenoxy) is 1. The average molecular weight is 435 g/mol. The standard InChI is InChI=1S/C22H27FN2O4S/c1-29-21-10-6-5-7-17(21)15-24-22(26)16-25(19-8-3-2-4-9-19)30(27,28)20-13-11-18(23)12-14-20/h5-7,10-14,19H,2-4,8-9,15-16H2,1H3,(H,24,26). The molecular formula is C22H27FN2O4S. The van der Waals surface area contributed by atoms with Crippen molar-refractivity contribution in [1.82, 2.24) is 9.62 Å². The Morgan fingerprint density at radius 3 is 2.43 bits per heavy atom. The molecule has 2 aromatic carbocycles. The summed E-state index contributed by atoms with van der Waals surface area (Å²) < 4.78 is 46.4. The van der Waals surface area contributed by atoms with Crippen LogP contribution in [0, 0.1) is 5.82 Å². The van der Waals surface area contributed by atoms with E-state index in [1.165, 1.54) is 16.4 Å². The van der Waals surface area contributed by atoms with Gasteiger partial charge in [0, 0.05) is 18.2 Å². The highest BCUT2D eigenvalue weighted by Gasteiger charge is 2.34. The lowest BCUT2D eigenvalue weighted by Gasteiger charge is -2.33. The molecule has 1 N–H and O–H groups in total. The highest BCUT2D eigenvalue weighted by molar-refractivity contribution is 7.89. The SMILES string of the molecule is COc1ccccc1CNC(=O)CN(C1CCCCC1)S(=O)(=O)c1ccc(F)cc1. The third-order valence-corrected chi connectivity index (χ3v) is 7.28. The molecule has 3 rings (SSSR count). The van der Waals surface area contributed by atoms with E-state index in [0.29, 0.717) is 18.6 Å². The molecule has 0 radical (unpaired) electrons. The summed E-state index contributed by atoms with van der Waals surface area (Å²) in [5, 5.41) is 2.79. The van der Waals surface area contributed by atoms with Gasteiger partial charge >= 0.3 is 0 Å². The number of hydrogen-bond donors (Lipinski definition) is 1. The summed E-state index contributed by atoms with van der Waals surface area (Å²) >= 11 is 0. The zero-order valence-electron chi connectivity index (χ0n) is 17.0. The van der Waals surface area contributed by atoms with Crippen LogP contribution < -0.4 is 10.1 Å². The minimum atomic E-state index is -3.93.